The van der Waals surface area contributed by atoms with Gasteiger partial charge in [-0.15, -0.1) is 0 Å². The third-order valence-electron chi connectivity index (χ3n) is 7.62. The van der Waals surface area contributed by atoms with Crippen LogP contribution in [0, 0.1) is 5.92 Å². The first-order valence-electron chi connectivity index (χ1n) is 12.6. The lowest BCUT2D eigenvalue weighted by molar-refractivity contribution is -0.117. The van der Waals surface area contributed by atoms with Gasteiger partial charge < -0.3 is 19.9 Å². The molecule has 0 aromatic carbocycles. The largest absolute Gasteiger partial charge is 0.364 e. The Morgan fingerprint density at radius 1 is 1.00 bits per heavy atom. The van der Waals surface area contributed by atoms with Gasteiger partial charge in [0.1, 0.15) is 18.0 Å². The van der Waals surface area contributed by atoms with Gasteiger partial charge in [-0.1, -0.05) is 0 Å². The number of hydrogen-bond acceptors (Lipinski definition) is 7. The quantitative estimate of drug-likeness (QED) is 0.563. The average molecular weight is 459 g/mol. The maximum absolute atomic E-state index is 12.0. The summed E-state index contributed by atoms with van der Waals surface area (Å²) in [7, 11) is 0. The molecule has 2 saturated carbocycles. The number of nitrogens with one attached hydrogen (secondary N) is 2. The van der Waals surface area contributed by atoms with Gasteiger partial charge in [-0.2, -0.15) is 0 Å². The van der Waals surface area contributed by atoms with E-state index in [9.17, 15) is 4.79 Å². The highest BCUT2D eigenvalue weighted by Gasteiger charge is 2.35. The van der Waals surface area contributed by atoms with Gasteiger partial charge in [0.05, 0.1) is 17.9 Å². The summed E-state index contributed by atoms with van der Waals surface area (Å²) in [5, 5.41) is 6.24. The van der Waals surface area contributed by atoms with Gasteiger partial charge in [0, 0.05) is 56.6 Å². The molecule has 4 aliphatic rings. The van der Waals surface area contributed by atoms with Crippen molar-refractivity contribution >= 4 is 28.9 Å². The fraction of sp³-hybridized carbons (Fsp3) is 0.520. The van der Waals surface area contributed by atoms with Gasteiger partial charge in [0.25, 0.3) is 0 Å². The van der Waals surface area contributed by atoms with Crippen molar-refractivity contribution in [1.82, 2.24) is 24.3 Å². The minimum Gasteiger partial charge on any atom is -0.364 e. The van der Waals surface area contributed by atoms with Crippen molar-refractivity contribution in [2.75, 3.05) is 41.7 Å². The van der Waals surface area contributed by atoms with Crippen LogP contribution < -0.4 is 15.5 Å². The molecular weight excluding hydrogens is 428 g/mol. The Hall–Kier alpha value is -3.20. The molecule has 2 N–H and O–H groups in total. The molecule has 0 radical (unpaired) electrons. The summed E-state index contributed by atoms with van der Waals surface area (Å²) in [6, 6.07) is 4.78. The number of hydrogen-bond donors (Lipinski definition) is 2. The van der Waals surface area contributed by atoms with Crippen LogP contribution in [-0.2, 0) is 11.3 Å². The van der Waals surface area contributed by atoms with Gasteiger partial charge >= 0.3 is 0 Å². The minimum atomic E-state index is 0.0482. The van der Waals surface area contributed by atoms with Crippen LogP contribution in [0.4, 0.5) is 17.3 Å². The zero-order valence-electron chi connectivity index (χ0n) is 19.3. The van der Waals surface area contributed by atoms with Crippen LogP contribution in [0.3, 0.4) is 0 Å². The van der Waals surface area contributed by atoms with Crippen LogP contribution in [0.25, 0.3) is 5.65 Å². The van der Waals surface area contributed by atoms with E-state index in [-0.39, 0.29) is 11.8 Å². The summed E-state index contributed by atoms with van der Waals surface area (Å²) in [5.41, 5.74) is 4.74. The molecule has 1 amide bonds. The second kappa shape index (κ2) is 7.94. The molecule has 2 aliphatic heterocycles. The van der Waals surface area contributed by atoms with E-state index in [2.05, 4.69) is 53.3 Å². The number of amides is 1. The zero-order chi connectivity index (χ0) is 22.6. The smallest absolute Gasteiger partial charge is 0.228 e. The molecule has 3 aromatic rings. The summed E-state index contributed by atoms with van der Waals surface area (Å²) in [4.78, 5) is 30.8. The van der Waals surface area contributed by atoms with E-state index in [0.29, 0.717) is 30.1 Å². The molecule has 9 nitrogen and oxygen atoms in total. The predicted octanol–water partition coefficient (Wildman–Crippen LogP) is 2.86. The van der Waals surface area contributed by atoms with E-state index in [1.165, 1.54) is 49.9 Å². The number of piperazine rings is 1. The van der Waals surface area contributed by atoms with Gasteiger partial charge in [-0.25, -0.2) is 15.0 Å². The Morgan fingerprint density at radius 3 is 2.74 bits per heavy atom. The average Bonchev–Trinajstić information content (AvgIpc) is 3.78. The van der Waals surface area contributed by atoms with E-state index < -0.39 is 0 Å². The highest BCUT2D eigenvalue weighted by atomic mass is 16.2. The summed E-state index contributed by atoms with van der Waals surface area (Å²) >= 11 is 0. The van der Waals surface area contributed by atoms with E-state index in [0.717, 1.165) is 37.3 Å². The van der Waals surface area contributed by atoms with E-state index in [4.69, 9.17) is 4.98 Å². The van der Waals surface area contributed by atoms with Crippen molar-refractivity contribution in [2.24, 2.45) is 5.92 Å². The first-order chi connectivity index (χ1) is 16.7. The van der Waals surface area contributed by atoms with E-state index in [1.807, 2.05) is 0 Å². The van der Waals surface area contributed by atoms with Gasteiger partial charge in [0.2, 0.25) is 5.91 Å². The predicted molar refractivity (Wildman–Crippen MR) is 130 cm³/mol. The number of aromatic nitrogens is 4. The van der Waals surface area contributed by atoms with Crippen LogP contribution in [0.5, 0.6) is 0 Å². The van der Waals surface area contributed by atoms with Crippen LogP contribution in [-0.4, -0.2) is 62.4 Å². The minimum absolute atomic E-state index is 0.0482. The fourth-order valence-electron chi connectivity index (χ4n) is 5.38. The van der Waals surface area contributed by atoms with E-state index in [1.54, 1.807) is 6.07 Å². The van der Waals surface area contributed by atoms with Crippen LogP contribution in [0.2, 0.25) is 0 Å². The standard InChI is InChI=1S/C25H30N8O/c34-25(17-3-4-17)30-23-10-22(27-15-28-23)26-11-19-13-32-12-18(16-1-2-16)9-21(24(32)29-19)33-8-7-31-6-5-20(33)14-31/h9-10,12-13,15-17,20H,1-8,11,14H2,(H2,26,27,28,30,34). The summed E-state index contributed by atoms with van der Waals surface area (Å²) in [6.07, 6.45) is 11.6. The summed E-state index contributed by atoms with van der Waals surface area (Å²) in [6.45, 7) is 5.15. The van der Waals surface area contributed by atoms with E-state index >= 15 is 0 Å². The number of imidazole rings is 1. The maximum atomic E-state index is 12.0. The first kappa shape index (κ1) is 20.2. The number of rotatable bonds is 7. The Kier molecular flexibility index (Phi) is 4.72. The van der Waals surface area contributed by atoms with Crippen molar-refractivity contribution in [2.45, 2.75) is 50.6 Å². The monoisotopic (exact) mass is 458 g/mol. The number of carbonyl (C=O) groups excluding carboxylic acids is 1. The molecule has 9 heteroatoms. The molecule has 0 spiro atoms. The van der Waals surface area contributed by atoms with Gasteiger partial charge in [0.15, 0.2) is 5.65 Å². The summed E-state index contributed by atoms with van der Waals surface area (Å²) in [5.74, 6) is 2.11. The Morgan fingerprint density at radius 2 is 1.88 bits per heavy atom. The molecular formula is C25H30N8O. The van der Waals surface area contributed by atoms with Crippen molar-refractivity contribution in [1.29, 1.82) is 0 Å². The zero-order valence-corrected chi connectivity index (χ0v) is 19.3. The van der Waals surface area contributed by atoms with Crippen molar-refractivity contribution in [3.05, 3.63) is 42.1 Å². The molecule has 3 aromatic heterocycles. The molecule has 4 fully saturated rings. The molecule has 5 heterocycles. The van der Waals surface area contributed by atoms with Gasteiger partial charge in [-0.05, 0) is 49.7 Å². The summed E-state index contributed by atoms with van der Waals surface area (Å²) < 4.78 is 2.22. The third-order valence-corrected chi connectivity index (χ3v) is 7.62. The lowest BCUT2D eigenvalue weighted by Crippen LogP contribution is -2.47. The number of anilines is 3. The first-order valence-corrected chi connectivity index (χ1v) is 12.6. The molecule has 2 saturated heterocycles. The SMILES string of the molecule is O=C(Nc1cc(NCc2cn3cc(C4CC4)cc(N4CCN5CCC4C5)c3n2)ncn1)C1CC1. The number of pyridine rings is 1. The topological polar surface area (TPSA) is 90.7 Å². The lowest BCUT2D eigenvalue weighted by atomic mass is 10.1. The third kappa shape index (κ3) is 3.87. The van der Waals surface area contributed by atoms with Crippen molar-refractivity contribution < 1.29 is 4.79 Å². The van der Waals surface area contributed by atoms with Crippen LogP contribution in [0.1, 0.15) is 49.3 Å². The fourth-order valence-corrected chi connectivity index (χ4v) is 5.38. The second-order valence-corrected chi connectivity index (χ2v) is 10.2. The molecule has 2 unspecified atom stereocenters. The maximum Gasteiger partial charge on any atom is 0.228 e. The Bertz CT molecular complexity index is 1250. The molecule has 2 bridgehead atoms. The highest BCUT2D eigenvalue weighted by Crippen LogP contribution is 2.42. The Balaban J connectivity index is 1.13. The molecule has 7 rings (SSSR count). The van der Waals surface area contributed by atoms with Crippen molar-refractivity contribution in [3.8, 4) is 0 Å². The molecule has 2 aliphatic carbocycles. The Labute approximate surface area is 198 Å². The second-order valence-electron chi connectivity index (χ2n) is 10.2. The lowest BCUT2D eigenvalue weighted by Gasteiger charge is -2.36. The van der Waals surface area contributed by atoms with Crippen LogP contribution in [0.15, 0.2) is 30.9 Å². The number of nitrogens with zero attached hydrogens (tertiary/aromatic N) is 6. The normalized spacial score (nSPS) is 23.9. The number of fused-ring (bicyclic) bond motifs is 3. The molecule has 34 heavy (non-hydrogen) atoms. The molecule has 2 atom stereocenters. The highest BCUT2D eigenvalue weighted by molar-refractivity contribution is 5.93. The van der Waals surface area contributed by atoms with Crippen LogP contribution >= 0.6 is 0 Å². The number of carbonyl (C=O) groups is 1. The molecule has 176 valence electrons. The van der Waals surface area contributed by atoms with Gasteiger partial charge in [-0.3, -0.25) is 9.69 Å². The van der Waals surface area contributed by atoms with Crippen molar-refractivity contribution in [3.63, 3.8) is 0 Å².